The molecule has 0 N–H and O–H groups in total. The molecule has 15 heavy (non-hydrogen) atoms. The minimum Gasteiger partial charge on any atom is -0.148 e. The van der Waals surface area contributed by atoms with E-state index in [0.29, 0.717) is 0 Å². The molecule has 0 aliphatic heterocycles. The van der Waals surface area contributed by atoms with Crippen LogP contribution in [-0.2, 0) is 5.41 Å². The molecule has 0 spiro atoms. The molecule has 2 heterocycles. The highest BCUT2D eigenvalue weighted by atomic mass is 32.1. The predicted molar refractivity (Wildman–Crippen MR) is 70.2 cm³/mol. The van der Waals surface area contributed by atoms with Gasteiger partial charge in [-0.2, -0.15) is 0 Å². The number of hydrogen-bond acceptors (Lipinski definition) is 2. The van der Waals surface area contributed by atoms with Crippen molar-refractivity contribution in [3.8, 4) is 0 Å². The second-order valence-electron chi connectivity index (χ2n) is 4.55. The van der Waals surface area contributed by atoms with Gasteiger partial charge in [0.2, 0.25) is 0 Å². The van der Waals surface area contributed by atoms with Crippen LogP contribution in [0.5, 0.6) is 0 Å². The average molecular weight is 236 g/mol. The average Bonchev–Trinajstić information content (AvgIpc) is 2.74. The van der Waals surface area contributed by atoms with E-state index >= 15 is 0 Å². The summed E-state index contributed by atoms with van der Waals surface area (Å²) >= 11 is 3.74. The van der Waals surface area contributed by atoms with Crippen LogP contribution in [0.1, 0.15) is 34.7 Å². The van der Waals surface area contributed by atoms with Crippen molar-refractivity contribution in [1.82, 2.24) is 0 Å². The van der Waals surface area contributed by atoms with Gasteiger partial charge in [0.05, 0.1) is 0 Å². The zero-order valence-corrected chi connectivity index (χ0v) is 11.3. The van der Waals surface area contributed by atoms with Gasteiger partial charge in [-0.05, 0) is 47.9 Å². The number of aryl methyl sites for hydroxylation is 2. The SMILES string of the molecule is Cc1csc(C(C)(C)c2sccc2C)c1. The van der Waals surface area contributed by atoms with Gasteiger partial charge in [-0.15, -0.1) is 22.7 Å². The molecule has 0 aliphatic carbocycles. The van der Waals surface area contributed by atoms with Crippen LogP contribution in [0.2, 0.25) is 0 Å². The van der Waals surface area contributed by atoms with Crippen molar-refractivity contribution in [2.45, 2.75) is 33.1 Å². The standard InChI is InChI=1S/C13H16S2/c1-9-7-11(15-8-9)13(3,4)12-10(2)5-6-14-12/h5-8H,1-4H3. The maximum Gasteiger partial charge on any atom is 0.0336 e. The quantitative estimate of drug-likeness (QED) is 0.705. The first-order valence-corrected chi connectivity index (χ1v) is 6.88. The molecule has 0 saturated carbocycles. The first-order valence-electron chi connectivity index (χ1n) is 5.12. The molecule has 0 saturated heterocycles. The summed E-state index contributed by atoms with van der Waals surface area (Å²) in [5, 5.41) is 4.42. The molecule has 80 valence electrons. The van der Waals surface area contributed by atoms with Crippen LogP contribution in [0.4, 0.5) is 0 Å². The van der Waals surface area contributed by atoms with Crippen molar-refractivity contribution in [2.75, 3.05) is 0 Å². The molecule has 2 rings (SSSR count). The fourth-order valence-corrected chi connectivity index (χ4v) is 4.05. The van der Waals surface area contributed by atoms with Gasteiger partial charge in [0, 0.05) is 15.2 Å². The summed E-state index contributed by atoms with van der Waals surface area (Å²) in [7, 11) is 0. The lowest BCUT2D eigenvalue weighted by Gasteiger charge is -2.23. The van der Waals surface area contributed by atoms with Crippen LogP contribution in [0.15, 0.2) is 22.9 Å². The van der Waals surface area contributed by atoms with Crippen LogP contribution >= 0.6 is 22.7 Å². The molecule has 0 amide bonds. The maximum atomic E-state index is 2.32. The Hall–Kier alpha value is -0.600. The van der Waals surface area contributed by atoms with Crippen LogP contribution in [0.3, 0.4) is 0 Å². The second-order valence-corrected chi connectivity index (χ2v) is 6.37. The molecule has 0 aliphatic rings. The van der Waals surface area contributed by atoms with Crippen molar-refractivity contribution in [3.05, 3.63) is 43.8 Å². The fraction of sp³-hybridized carbons (Fsp3) is 0.385. The second kappa shape index (κ2) is 3.76. The van der Waals surface area contributed by atoms with E-state index in [9.17, 15) is 0 Å². The molecular formula is C13H16S2. The Kier molecular flexibility index (Phi) is 2.73. The minimum absolute atomic E-state index is 0.164. The Morgan fingerprint density at radius 1 is 1.13 bits per heavy atom. The summed E-state index contributed by atoms with van der Waals surface area (Å²) < 4.78 is 0. The molecule has 0 fully saturated rings. The Labute approximate surface area is 99.6 Å². The monoisotopic (exact) mass is 236 g/mol. The van der Waals surface area contributed by atoms with Gasteiger partial charge in [-0.3, -0.25) is 0 Å². The van der Waals surface area contributed by atoms with Crippen molar-refractivity contribution in [1.29, 1.82) is 0 Å². The van der Waals surface area contributed by atoms with Gasteiger partial charge >= 0.3 is 0 Å². The molecule has 2 aromatic heterocycles. The third kappa shape index (κ3) is 1.88. The van der Waals surface area contributed by atoms with Crippen molar-refractivity contribution < 1.29 is 0 Å². The smallest absolute Gasteiger partial charge is 0.0336 e. The zero-order chi connectivity index (χ0) is 11.1. The number of rotatable bonds is 2. The van der Waals surface area contributed by atoms with Crippen LogP contribution < -0.4 is 0 Å². The van der Waals surface area contributed by atoms with Crippen LogP contribution in [0, 0.1) is 13.8 Å². The Morgan fingerprint density at radius 2 is 1.87 bits per heavy atom. The number of thiophene rings is 2. The molecule has 0 nitrogen and oxygen atoms in total. The third-order valence-corrected chi connectivity index (χ3v) is 5.49. The van der Waals surface area contributed by atoms with Crippen molar-refractivity contribution >= 4 is 22.7 Å². The van der Waals surface area contributed by atoms with Gasteiger partial charge in [0.1, 0.15) is 0 Å². The third-order valence-electron chi connectivity index (χ3n) is 2.78. The Morgan fingerprint density at radius 3 is 2.33 bits per heavy atom. The van der Waals surface area contributed by atoms with Gasteiger partial charge in [-0.1, -0.05) is 13.8 Å². The molecule has 2 aromatic rings. The summed E-state index contributed by atoms with van der Waals surface area (Å²) in [6.07, 6.45) is 0. The van der Waals surface area contributed by atoms with Gasteiger partial charge in [-0.25, -0.2) is 0 Å². The zero-order valence-electron chi connectivity index (χ0n) is 9.63. The lowest BCUT2D eigenvalue weighted by atomic mass is 9.87. The van der Waals surface area contributed by atoms with E-state index in [4.69, 9.17) is 0 Å². The number of hydrogen-bond donors (Lipinski definition) is 0. The largest absolute Gasteiger partial charge is 0.148 e. The first kappa shape index (κ1) is 10.9. The minimum atomic E-state index is 0.164. The van der Waals surface area contributed by atoms with Gasteiger partial charge in [0.15, 0.2) is 0 Å². The highest BCUT2D eigenvalue weighted by molar-refractivity contribution is 7.12. The van der Waals surface area contributed by atoms with E-state index in [1.165, 1.54) is 20.9 Å². The van der Waals surface area contributed by atoms with E-state index in [0.717, 1.165) is 0 Å². The Bertz CT molecular complexity index is 460. The van der Waals surface area contributed by atoms with Crippen LogP contribution in [0.25, 0.3) is 0 Å². The lowest BCUT2D eigenvalue weighted by molar-refractivity contribution is 0.666. The van der Waals surface area contributed by atoms with Crippen molar-refractivity contribution in [3.63, 3.8) is 0 Å². The predicted octanol–water partition coefficient (Wildman–Crippen LogP) is 4.75. The highest BCUT2D eigenvalue weighted by Crippen LogP contribution is 2.39. The van der Waals surface area contributed by atoms with Gasteiger partial charge < -0.3 is 0 Å². The maximum absolute atomic E-state index is 2.32. The molecule has 0 radical (unpaired) electrons. The summed E-state index contributed by atoms with van der Waals surface area (Å²) in [5.41, 5.74) is 2.95. The fourth-order valence-electron chi connectivity index (χ4n) is 1.88. The van der Waals surface area contributed by atoms with Crippen molar-refractivity contribution in [2.24, 2.45) is 0 Å². The molecule has 0 atom stereocenters. The summed E-state index contributed by atoms with van der Waals surface area (Å²) in [6, 6.07) is 4.52. The van der Waals surface area contributed by atoms with E-state index in [1.807, 2.05) is 22.7 Å². The normalized spacial score (nSPS) is 12.0. The topological polar surface area (TPSA) is 0 Å². The van der Waals surface area contributed by atoms with Gasteiger partial charge in [0.25, 0.3) is 0 Å². The van der Waals surface area contributed by atoms with E-state index in [1.54, 1.807) is 0 Å². The molecule has 2 heteroatoms. The summed E-state index contributed by atoms with van der Waals surface area (Å²) in [4.78, 5) is 2.95. The van der Waals surface area contributed by atoms with Crippen LogP contribution in [-0.4, -0.2) is 0 Å². The van der Waals surface area contributed by atoms with E-state index in [-0.39, 0.29) is 5.41 Å². The van der Waals surface area contributed by atoms with E-state index < -0.39 is 0 Å². The summed E-state index contributed by atoms with van der Waals surface area (Å²) in [6.45, 7) is 9.00. The Balaban J connectivity index is 2.47. The highest BCUT2D eigenvalue weighted by Gasteiger charge is 2.27. The lowest BCUT2D eigenvalue weighted by Crippen LogP contribution is -2.16. The molecule has 0 aromatic carbocycles. The summed E-state index contributed by atoms with van der Waals surface area (Å²) in [5.74, 6) is 0. The molecular weight excluding hydrogens is 220 g/mol. The first-order chi connectivity index (χ1) is 7.01. The molecule has 0 bridgehead atoms. The van der Waals surface area contributed by atoms with E-state index in [2.05, 4.69) is 50.6 Å². The molecule has 0 unspecified atom stereocenters.